The zero-order valence-corrected chi connectivity index (χ0v) is 11.9. The minimum Gasteiger partial charge on any atom is -0.307 e. The van der Waals surface area contributed by atoms with Crippen molar-refractivity contribution in [1.82, 2.24) is 5.32 Å². The molecule has 1 unspecified atom stereocenters. The van der Waals surface area contributed by atoms with E-state index in [0.717, 1.165) is 12.8 Å². The highest BCUT2D eigenvalue weighted by molar-refractivity contribution is 7.94. The van der Waals surface area contributed by atoms with Crippen LogP contribution in [0.1, 0.15) is 29.9 Å². The van der Waals surface area contributed by atoms with Crippen molar-refractivity contribution in [1.29, 1.82) is 0 Å². The second kappa shape index (κ2) is 4.76. The molecule has 1 saturated carbocycles. The molecule has 1 aliphatic heterocycles. The third-order valence-electron chi connectivity index (χ3n) is 4.15. The number of hydrogen-bond donors (Lipinski definition) is 1. The molecular weight excluding hydrogens is 258 g/mol. The van der Waals surface area contributed by atoms with E-state index in [1.165, 1.54) is 16.5 Å². The first-order valence-electron chi connectivity index (χ1n) is 6.76. The summed E-state index contributed by atoms with van der Waals surface area (Å²) in [5.41, 5.74) is 2.80. The molecule has 0 radical (unpaired) electrons. The molecule has 0 amide bonds. The van der Waals surface area contributed by atoms with Crippen molar-refractivity contribution in [3.05, 3.63) is 46.9 Å². The Kier molecular flexibility index (Phi) is 3.23. The van der Waals surface area contributed by atoms with Gasteiger partial charge < -0.3 is 5.32 Å². The van der Waals surface area contributed by atoms with Crippen LogP contribution in [0.3, 0.4) is 0 Å². The van der Waals surface area contributed by atoms with Crippen molar-refractivity contribution in [3.63, 3.8) is 0 Å². The Morgan fingerprint density at radius 3 is 2.58 bits per heavy atom. The lowest BCUT2D eigenvalue weighted by molar-refractivity contribution is 0.282. The quantitative estimate of drug-likeness (QED) is 0.920. The molecule has 102 valence electrons. The van der Waals surface area contributed by atoms with Gasteiger partial charge >= 0.3 is 0 Å². The van der Waals surface area contributed by atoms with Gasteiger partial charge in [0.1, 0.15) is 0 Å². The lowest BCUT2D eigenvalue weighted by atomic mass is 9.74. The van der Waals surface area contributed by atoms with E-state index in [4.69, 9.17) is 0 Å². The summed E-state index contributed by atoms with van der Waals surface area (Å²) in [7, 11) is -2.94. The summed E-state index contributed by atoms with van der Waals surface area (Å²) in [6.45, 7) is 2.16. The standard InChI is InChI=1S/C15H19NO2S/c1-11-4-2-3-5-15(11)12-8-14(9-12)16-13-6-7-19(17,18)10-13/h2-7,12-14,16H,8-10H2,1H3. The largest absolute Gasteiger partial charge is 0.307 e. The van der Waals surface area contributed by atoms with E-state index in [9.17, 15) is 8.42 Å². The van der Waals surface area contributed by atoms with Crippen LogP contribution < -0.4 is 5.32 Å². The molecule has 0 saturated heterocycles. The number of nitrogens with one attached hydrogen (secondary N) is 1. The van der Waals surface area contributed by atoms with Gasteiger partial charge in [0.2, 0.25) is 0 Å². The van der Waals surface area contributed by atoms with E-state index >= 15 is 0 Å². The predicted molar refractivity (Wildman–Crippen MR) is 76.8 cm³/mol. The predicted octanol–water partition coefficient (Wildman–Crippen LogP) is 2.14. The maximum absolute atomic E-state index is 11.3. The molecule has 3 rings (SSSR count). The molecule has 1 heterocycles. The molecule has 2 aliphatic rings. The van der Waals surface area contributed by atoms with Crippen LogP contribution in [0.15, 0.2) is 35.7 Å². The molecule has 1 N–H and O–H groups in total. The van der Waals surface area contributed by atoms with E-state index in [1.807, 2.05) is 0 Å². The minimum absolute atomic E-state index is 0.00724. The van der Waals surface area contributed by atoms with Crippen molar-refractivity contribution in [2.75, 3.05) is 5.75 Å². The Morgan fingerprint density at radius 2 is 1.95 bits per heavy atom. The molecule has 1 atom stereocenters. The number of sulfone groups is 1. The maximum Gasteiger partial charge on any atom is 0.173 e. The van der Waals surface area contributed by atoms with Gasteiger partial charge in [-0.15, -0.1) is 0 Å². The maximum atomic E-state index is 11.3. The van der Waals surface area contributed by atoms with Crippen LogP contribution in [0.2, 0.25) is 0 Å². The normalized spacial score (nSPS) is 32.2. The van der Waals surface area contributed by atoms with Gasteiger partial charge in [-0.3, -0.25) is 0 Å². The first kappa shape index (κ1) is 12.9. The van der Waals surface area contributed by atoms with E-state index in [-0.39, 0.29) is 11.8 Å². The average molecular weight is 277 g/mol. The van der Waals surface area contributed by atoms with Crippen LogP contribution in [0, 0.1) is 6.92 Å². The summed E-state index contributed by atoms with van der Waals surface area (Å²) in [6.07, 6.45) is 3.99. The summed E-state index contributed by atoms with van der Waals surface area (Å²) < 4.78 is 22.7. The first-order chi connectivity index (χ1) is 9.03. The van der Waals surface area contributed by atoms with Gasteiger partial charge in [-0.25, -0.2) is 8.42 Å². The molecular formula is C15H19NO2S. The monoisotopic (exact) mass is 277 g/mol. The smallest absolute Gasteiger partial charge is 0.173 e. The Labute approximate surface area is 114 Å². The van der Waals surface area contributed by atoms with E-state index in [1.54, 1.807) is 6.08 Å². The molecule has 1 aromatic rings. The molecule has 0 aromatic heterocycles. The summed E-state index contributed by atoms with van der Waals surface area (Å²) >= 11 is 0. The van der Waals surface area contributed by atoms with Crippen molar-refractivity contribution in [2.45, 2.75) is 37.8 Å². The summed E-state index contributed by atoms with van der Waals surface area (Å²) in [4.78, 5) is 0. The van der Waals surface area contributed by atoms with E-state index < -0.39 is 9.84 Å². The van der Waals surface area contributed by atoms with E-state index in [0.29, 0.717) is 12.0 Å². The number of aryl methyl sites for hydroxylation is 1. The topological polar surface area (TPSA) is 46.2 Å². The van der Waals surface area contributed by atoms with Crippen molar-refractivity contribution in [3.8, 4) is 0 Å². The molecule has 1 aromatic carbocycles. The third kappa shape index (κ3) is 2.74. The highest BCUT2D eigenvalue weighted by Gasteiger charge is 2.33. The molecule has 0 spiro atoms. The van der Waals surface area contributed by atoms with Crippen LogP contribution >= 0.6 is 0 Å². The fourth-order valence-corrected chi connectivity index (χ4v) is 4.28. The molecule has 0 bridgehead atoms. The van der Waals surface area contributed by atoms with Gasteiger partial charge in [-0.05, 0) is 36.8 Å². The van der Waals surface area contributed by atoms with Crippen LogP contribution in [0.25, 0.3) is 0 Å². The lowest BCUT2D eigenvalue weighted by Gasteiger charge is -2.38. The van der Waals surface area contributed by atoms with E-state index in [2.05, 4.69) is 36.5 Å². The first-order valence-corrected chi connectivity index (χ1v) is 8.47. The lowest BCUT2D eigenvalue weighted by Crippen LogP contribution is -2.46. The second-order valence-electron chi connectivity index (χ2n) is 5.65. The van der Waals surface area contributed by atoms with Crippen molar-refractivity contribution < 1.29 is 8.42 Å². The molecule has 3 nitrogen and oxygen atoms in total. The third-order valence-corrected chi connectivity index (χ3v) is 5.54. The van der Waals surface area contributed by atoms with Gasteiger partial charge in [0.15, 0.2) is 9.84 Å². The number of hydrogen-bond acceptors (Lipinski definition) is 3. The van der Waals surface area contributed by atoms with Gasteiger partial charge in [0, 0.05) is 17.5 Å². The minimum atomic E-state index is -2.94. The highest BCUT2D eigenvalue weighted by Crippen LogP contribution is 2.38. The highest BCUT2D eigenvalue weighted by atomic mass is 32.2. The molecule has 1 fully saturated rings. The second-order valence-corrected chi connectivity index (χ2v) is 7.58. The molecule has 4 heteroatoms. The Hall–Kier alpha value is -1.13. The Morgan fingerprint density at radius 1 is 1.21 bits per heavy atom. The van der Waals surface area contributed by atoms with Crippen molar-refractivity contribution in [2.24, 2.45) is 0 Å². The fraction of sp³-hybridized carbons (Fsp3) is 0.467. The van der Waals surface area contributed by atoms with Crippen LogP contribution in [0.4, 0.5) is 0 Å². The fourth-order valence-electron chi connectivity index (χ4n) is 3.04. The van der Waals surface area contributed by atoms with Gasteiger partial charge in [0.25, 0.3) is 0 Å². The molecule has 1 aliphatic carbocycles. The zero-order valence-electron chi connectivity index (χ0n) is 11.0. The number of benzene rings is 1. The summed E-state index contributed by atoms with van der Waals surface area (Å²) in [5.74, 6) is 0.846. The molecule has 19 heavy (non-hydrogen) atoms. The van der Waals surface area contributed by atoms with Gasteiger partial charge in [-0.2, -0.15) is 0 Å². The number of rotatable bonds is 3. The van der Waals surface area contributed by atoms with Gasteiger partial charge in [-0.1, -0.05) is 30.3 Å². The van der Waals surface area contributed by atoms with Crippen molar-refractivity contribution >= 4 is 9.84 Å². The zero-order chi connectivity index (χ0) is 13.5. The van der Waals surface area contributed by atoms with Gasteiger partial charge in [0.05, 0.1) is 5.75 Å². The van der Waals surface area contributed by atoms with Crippen LogP contribution in [-0.2, 0) is 9.84 Å². The summed E-state index contributed by atoms with van der Waals surface area (Å²) in [5, 5.41) is 4.76. The average Bonchev–Trinajstić information content (AvgIpc) is 2.64. The Balaban J connectivity index is 1.54. The van der Waals surface area contributed by atoms with Crippen LogP contribution in [0.5, 0.6) is 0 Å². The summed E-state index contributed by atoms with van der Waals surface area (Å²) in [6, 6.07) is 8.98. The van der Waals surface area contributed by atoms with Crippen LogP contribution in [-0.4, -0.2) is 26.3 Å². The SMILES string of the molecule is Cc1ccccc1C1CC(NC2C=CS(=O)(=O)C2)C1. The Bertz CT molecular complexity index is 600.